The van der Waals surface area contributed by atoms with Gasteiger partial charge in [-0.2, -0.15) is 0 Å². The molecule has 0 aromatic heterocycles. The van der Waals surface area contributed by atoms with Crippen LogP contribution in [0.1, 0.15) is 12.5 Å². The summed E-state index contributed by atoms with van der Waals surface area (Å²) in [6, 6.07) is 9.65. The molecule has 0 aliphatic heterocycles. The maximum atomic E-state index is 11.8. The summed E-state index contributed by atoms with van der Waals surface area (Å²) in [5.41, 5.74) is 1.02. The number of benzene rings is 1. The minimum Gasteiger partial charge on any atom is -0.469 e. The van der Waals surface area contributed by atoms with E-state index in [2.05, 4.69) is 4.74 Å². The van der Waals surface area contributed by atoms with Crippen molar-refractivity contribution in [2.75, 3.05) is 27.3 Å². The Morgan fingerprint density at radius 3 is 2.50 bits per heavy atom. The van der Waals surface area contributed by atoms with Gasteiger partial charge in [0.05, 0.1) is 19.6 Å². The maximum Gasteiger partial charge on any atom is 0.310 e. The Labute approximate surface area is 119 Å². The van der Waals surface area contributed by atoms with Crippen LogP contribution in [0, 0.1) is 5.92 Å². The fraction of sp³-hybridized carbons (Fsp3) is 0.467. The summed E-state index contributed by atoms with van der Waals surface area (Å²) in [5.74, 6) is -0.824. The number of nitrogens with zero attached hydrogens (tertiary/aromatic N) is 1. The highest BCUT2D eigenvalue weighted by atomic mass is 16.5. The molecular weight excluding hydrogens is 258 g/mol. The van der Waals surface area contributed by atoms with Gasteiger partial charge in [-0.05, 0) is 5.56 Å². The van der Waals surface area contributed by atoms with Crippen LogP contribution in [0.15, 0.2) is 30.3 Å². The van der Waals surface area contributed by atoms with Crippen LogP contribution in [0.5, 0.6) is 0 Å². The van der Waals surface area contributed by atoms with Crippen LogP contribution in [0.3, 0.4) is 0 Å². The molecule has 5 nitrogen and oxygen atoms in total. The fourth-order valence-corrected chi connectivity index (χ4v) is 1.73. The summed E-state index contributed by atoms with van der Waals surface area (Å²) in [6.07, 6.45) is 0. The Balaban J connectivity index is 2.30. The zero-order valence-electron chi connectivity index (χ0n) is 12.2. The van der Waals surface area contributed by atoms with E-state index in [1.807, 2.05) is 30.3 Å². The lowest BCUT2D eigenvalue weighted by Crippen LogP contribution is -2.36. The molecule has 0 saturated carbocycles. The molecule has 1 unspecified atom stereocenters. The molecule has 0 heterocycles. The second-order valence-electron chi connectivity index (χ2n) is 4.68. The van der Waals surface area contributed by atoms with Crippen LogP contribution >= 0.6 is 0 Å². The van der Waals surface area contributed by atoms with Gasteiger partial charge in [0.25, 0.3) is 0 Å². The monoisotopic (exact) mass is 279 g/mol. The molecule has 0 radical (unpaired) electrons. The zero-order valence-corrected chi connectivity index (χ0v) is 12.2. The SMILES string of the molecule is COC(=O)C(C)CN(C)C(=O)COCc1ccccc1. The van der Waals surface area contributed by atoms with E-state index in [1.165, 1.54) is 12.0 Å². The predicted molar refractivity (Wildman–Crippen MR) is 74.9 cm³/mol. The van der Waals surface area contributed by atoms with Gasteiger partial charge in [0.2, 0.25) is 5.91 Å². The van der Waals surface area contributed by atoms with Crippen molar-refractivity contribution in [1.82, 2.24) is 4.90 Å². The molecule has 1 aromatic carbocycles. The zero-order chi connectivity index (χ0) is 15.0. The third-order valence-corrected chi connectivity index (χ3v) is 2.91. The first kappa shape index (κ1) is 16.2. The van der Waals surface area contributed by atoms with Crippen molar-refractivity contribution in [2.24, 2.45) is 5.92 Å². The molecule has 0 N–H and O–H groups in total. The van der Waals surface area contributed by atoms with E-state index < -0.39 is 0 Å². The molecular formula is C15H21NO4. The fourth-order valence-electron chi connectivity index (χ4n) is 1.73. The molecule has 20 heavy (non-hydrogen) atoms. The van der Waals surface area contributed by atoms with Crippen molar-refractivity contribution in [1.29, 1.82) is 0 Å². The normalized spacial score (nSPS) is 11.8. The smallest absolute Gasteiger partial charge is 0.310 e. The molecule has 0 spiro atoms. The minimum absolute atomic E-state index is 0.000707. The summed E-state index contributed by atoms with van der Waals surface area (Å²) in [6.45, 7) is 2.44. The van der Waals surface area contributed by atoms with Gasteiger partial charge >= 0.3 is 5.97 Å². The average Bonchev–Trinajstić information content (AvgIpc) is 2.47. The van der Waals surface area contributed by atoms with Gasteiger partial charge in [0.15, 0.2) is 0 Å². The second kappa shape index (κ2) is 8.32. The number of methoxy groups -OCH3 is 1. The highest BCUT2D eigenvalue weighted by Gasteiger charge is 2.18. The summed E-state index contributed by atoms with van der Waals surface area (Å²) < 4.78 is 9.99. The maximum absolute atomic E-state index is 11.8. The molecule has 110 valence electrons. The Hall–Kier alpha value is -1.88. The lowest BCUT2D eigenvalue weighted by Gasteiger charge is -2.20. The van der Waals surface area contributed by atoms with Crippen LogP contribution in [-0.4, -0.2) is 44.1 Å². The van der Waals surface area contributed by atoms with Crippen molar-refractivity contribution in [3.63, 3.8) is 0 Å². The summed E-state index contributed by atoms with van der Waals surface area (Å²) in [5, 5.41) is 0. The number of amides is 1. The van der Waals surface area contributed by atoms with Gasteiger partial charge in [-0.25, -0.2) is 0 Å². The number of likely N-dealkylation sites (N-methyl/N-ethyl adjacent to an activating group) is 1. The standard InChI is InChI=1S/C15H21NO4/c1-12(15(18)19-3)9-16(2)14(17)11-20-10-13-7-5-4-6-8-13/h4-8,12H,9-11H2,1-3H3. The van der Waals surface area contributed by atoms with E-state index in [4.69, 9.17) is 4.74 Å². The predicted octanol–water partition coefficient (Wildman–Crippen LogP) is 1.47. The van der Waals surface area contributed by atoms with Crippen molar-refractivity contribution in [2.45, 2.75) is 13.5 Å². The number of carbonyl (C=O) groups excluding carboxylic acids is 2. The van der Waals surface area contributed by atoms with Crippen molar-refractivity contribution in [3.05, 3.63) is 35.9 Å². The number of carbonyl (C=O) groups is 2. The van der Waals surface area contributed by atoms with Gasteiger partial charge in [-0.15, -0.1) is 0 Å². The van der Waals surface area contributed by atoms with Crippen LogP contribution in [-0.2, 0) is 25.7 Å². The molecule has 1 atom stereocenters. The van der Waals surface area contributed by atoms with Crippen LogP contribution in [0.2, 0.25) is 0 Å². The van der Waals surface area contributed by atoms with E-state index >= 15 is 0 Å². The van der Waals surface area contributed by atoms with Gasteiger partial charge < -0.3 is 14.4 Å². The molecule has 1 rings (SSSR count). The number of hydrogen-bond acceptors (Lipinski definition) is 4. The van der Waals surface area contributed by atoms with Gasteiger partial charge in [0.1, 0.15) is 6.61 Å². The first-order chi connectivity index (χ1) is 9.54. The lowest BCUT2D eigenvalue weighted by molar-refractivity contribution is -0.146. The number of ether oxygens (including phenoxy) is 2. The highest BCUT2D eigenvalue weighted by Crippen LogP contribution is 2.03. The van der Waals surface area contributed by atoms with Crippen molar-refractivity contribution < 1.29 is 19.1 Å². The summed E-state index contributed by atoms with van der Waals surface area (Å²) in [7, 11) is 2.98. The molecule has 0 bridgehead atoms. The first-order valence-electron chi connectivity index (χ1n) is 6.48. The third-order valence-electron chi connectivity index (χ3n) is 2.91. The summed E-state index contributed by atoms with van der Waals surface area (Å²) in [4.78, 5) is 24.6. The minimum atomic E-state index is -0.344. The number of rotatable bonds is 7. The van der Waals surface area contributed by atoms with Crippen molar-refractivity contribution in [3.8, 4) is 0 Å². The molecule has 0 saturated heterocycles. The molecule has 1 amide bonds. The quantitative estimate of drug-likeness (QED) is 0.709. The van der Waals surface area contributed by atoms with Gasteiger partial charge in [0, 0.05) is 13.6 Å². The summed E-state index contributed by atoms with van der Waals surface area (Å²) >= 11 is 0. The van der Waals surface area contributed by atoms with E-state index in [1.54, 1.807) is 14.0 Å². The Morgan fingerprint density at radius 1 is 1.25 bits per heavy atom. The first-order valence-corrected chi connectivity index (χ1v) is 6.48. The largest absolute Gasteiger partial charge is 0.469 e. The molecule has 5 heteroatoms. The highest BCUT2D eigenvalue weighted by molar-refractivity contribution is 5.78. The van der Waals surface area contributed by atoms with Crippen molar-refractivity contribution >= 4 is 11.9 Å². The van der Waals surface area contributed by atoms with Gasteiger partial charge in [-0.1, -0.05) is 37.3 Å². The Morgan fingerprint density at radius 2 is 1.90 bits per heavy atom. The Bertz CT molecular complexity index is 433. The van der Waals surface area contributed by atoms with E-state index in [0.29, 0.717) is 13.2 Å². The lowest BCUT2D eigenvalue weighted by atomic mass is 10.2. The molecule has 0 aliphatic rings. The van der Waals surface area contributed by atoms with Crippen LogP contribution < -0.4 is 0 Å². The van der Waals surface area contributed by atoms with E-state index in [-0.39, 0.29) is 24.4 Å². The molecule has 1 aromatic rings. The van der Waals surface area contributed by atoms with E-state index in [0.717, 1.165) is 5.56 Å². The van der Waals surface area contributed by atoms with E-state index in [9.17, 15) is 9.59 Å². The molecule has 0 fully saturated rings. The number of esters is 1. The number of hydrogen-bond donors (Lipinski definition) is 0. The van der Waals surface area contributed by atoms with Crippen LogP contribution in [0.4, 0.5) is 0 Å². The topological polar surface area (TPSA) is 55.8 Å². The van der Waals surface area contributed by atoms with Gasteiger partial charge in [-0.3, -0.25) is 9.59 Å². The Kier molecular flexibility index (Phi) is 6.73. The second-order valence-corrected chi connectivity index (χ2v) is 4.68. The van der Waals surface area contributed by atoms with Crippen LogP contribution in [0.25, 0.3) is 0 Å². The third kappa shape index (κ3) is 5.40. The molecule has 0 aliphatic carbocycles. The average molecular weight is 279 g/mol.